The van der Waals surface area contributed by atoms with Crippen LogP contribution in [0.15, 0.2) is 15.9 Å². The lowest BCUT2D eigenvalue weighted by Gasteiger charge is -2.19. The van der Waals surface area contributed by atoms with Crippen LogP contribution < -0.4 is 5.32 Å². The van der Waals surface area contributed by atoms with Crippen molar-refractivity contribution in [3.05, 3.63) is 20.8 Å². The van der Waals surface area contributed by atoms with Gasteiger partial charge in [-0.15, -0.1) is 11.3 Å². The minimum Gasteiger partial charge on any atom is -0.349 e. The first kappa shape index (κ1) is 12.1. The van der Waals surface area contributed by atoms with Crippen molar-refractivity contribution in [2.75, 3.05) is 0 Å². The molecule has 0 aliphatic heterocycles. The van der Waals surface area contributed by atoms with Crippen LogP contribution in [0.2, 0.25) is 0 Å². The van der Waals surface area contributed by atoms with E-state index in [-0.39, 0.29) is 5.91 Å². The number of nitrogens with one attached hydrogen (secondary N) is 1. The molecule has 0 radical (unpaired) electrons. The van der Waals surface area contributed by atoms with Gasteiger partial charge in [0.05, 0.1) is 0 Å². The Morgan fingerprint density at radius 1 is 1.56 bits per heavy atom. The van der Waals surface area contributed by atoms with E-state index in [0.717, 1.165) is 9.35 Å². The topological polar surface area (TPSA) is 29.1 Å². The van der Waals surface area contributed by atoms with E-state index >= 15 is 0 Å². The van der Waals surface area contributed by atoms with E-state index in [4.69, 9.17) is 0 Å². The molecule has 1 unspecified atom stereocenters. The molecule has 2 nitrogen and oxygen atoms in total. The predicted octanol–water partition coefficient (Wildman–Crippen LogP) is 3.82. The molecule has 0 bridgehead atoms. The van der Waals surface area contributed by atoms with E-state index in [2.05, 4.69) is 28.2 Å². The number of carbonyl (C=O) groups is 1. The Hall–Kier alpha value is -0.350. The fraction of sp³-hybridized carbons (Fsp3) is 0.583. The smallest absolute Gasteiger partial charge is 0.262 e. The highest BCUT2D eigenvalue weighted by molar-refractivity contribution is 9.10. The zero-order chi connectivity index (χ0) is 11.5. The van der Waals surface area contributed by atoms with Gasteiger partial charge < -0.3 is 5.32 Å². The Kier molecular flexibility index (Phi) is 4.03. The summed E-state index contributed by atoms with van der Waals surface area (Å²) in [7, 11) is 0. The number of thiophene rings is 1. The van der Waals surface area contributed by atoms with Crippen LogP contribution in [0.25, 0.3) is 0 Å². The van der Waals surface area contributed by atoms with Crippen molar-refractivity contribution >= 4 is 33.2 Å². The van der Waals surface area contributed by atoms with Crippen molar-refractivity contribution < 1.29 is 4.79 Å². The molecule has 1 atom stereocenters. The largest absolute Gasteiger partial charge is 0.349 e. The molecule has 0 aromatic carbocycles. The van der Waals surface area contributed by atoms with Crippen LogP contribution in [0.5, 0.6) is 0 Å². The van der Waals surface area contributed by atoms with Crippen molar-refractivity contribution in [2.24, 2.45) is 5.92 Å². The third-order valence-electron chi connectivity index (χ3n) is 3.29. The first-order chi connectivity index (χ1) is 7.68. The van der Waals surface area contributed by atoms with Gasteiger partial charge in [0.15, 0.2) is 0 Å². The standard InChI is InChI=1S/C12H16BrNOS/c1-8(9-4-2-3-5-9)14-12(15)11-10(13)6-7-16-11/h6-9H,2-5H2,1H3,(H,14,15). The summed E-state index contributed by atoms with van der Waals surface area (Å²) in [6.45, 7) is 2.12. The number of carbonyl (C=O) groups excluding carboxylic acids is 1. The predicted molar refractivity (Wildman–Crippen MR) is 70.9 cm³/mol. The first-order valence-electron chi connectivity index (χ1n) is 5.72. The lowest BCUT2D eigenvalue weighted by atomic mass is 10.00. The molecule has 1 amide bonds. The average molecular weight is 302 g/mol. The molecule has 0 spiro atoms. The van der Waals surface area contributed by atoms with Crippen molar-refractivity contribution in [3.8, 4) is 0 Å². The molecule has 88 valence electrons. The van der Waals surface area contributed by atoms with Crippen molar-refractivity contribution in [2.45, 2.75) is 38.6 Å². The van der Waals surface area contributed by atoms with Gasteiger partial charge in [-0.2, -0.15) is 0 Å². The van der Waals surface area contributed by atoms with Gasteiger partial charge in [0, 0.05) is 10.5 Å². The summed E-state index contributed by atoms with van der Waals surface area (Å²) >= 11 is 4.87. The molecular formula is C12H16BrNOS. The summed E-state index contributed by atoms with van der Waals surface area (Å²) in [6.07, 6.45) is 5.14. The van der Waals surface area contributed by atoms with Gasteiger partial charge in [-0.3, -0.25) is 4.79 Å². The maximum Gasteiger partial charge on any atom is 0.262 e. The molecule has 1 saturated carbocycles. The maximum atomic E-state index is 12.0. The third-order valence-corrected chi connectivity index (χ3v) is 5.13. The van der Waals surface area contributed by atoms with Crippen LogP contribution >= 0.6 is 27.3 Å². The number of amides is 1. The molecule has 1 aliphatic carbocycles. The number of hydrogen-bond acceptors (Lipinski definition) is 2. The van der Waals surface area contributed by atoms with Crippen LogP contribution in [-0.2, 0) is 0 Å². The van der Waals surface area contributed by atoms with Gasteiger partial charge in [0.25, 0.3) is 5.91 Å². The van der Waals surface area contributed by atoms with Gasteiger partial charge in [-0.05, 0) is 53.1 Å². The first-order valence-corrected chi connectivity index (χ1v) is 7.39. The van der Waals surface area contributed by atoms with Crippen molar-refractivity contribution in [1.29, 1.82) is 0 Å². The highest BCUT2D eigenvalue weighted by Gasteiger charge is 2.23. The lowest BCUT2D eigenvalue weighted by Crippen LogP contribution is -2.36. The van der Waals surface area contributed by atoms with E-state index in [1.807, 2.05) is 11.4 Å². The monoisotopic (exact) mass is 301 g/mol. The molecule has 1 heterocycles. The summed E-state index contributed by atoms with van der Waals surface area (Å²) in [6, 6.07) is 2.21. The van der Waals surface area contributed by atoms with Gasteiger partial charge in [-0.25, -0.2) is 0 Å². The summed E-state index contributed by atoms with van der Waals surface area (Å²) in [5, 5.41) is 5.04. The van der Waals surface area contributed by atoms with E-state index in [0.29, 0.717) is 12.0 Å². The Labute approximate surface area is 109 Å². The normalized spacial score (nSPS) is 18.6. The zero-order valence-electron chi connectivity index (χ0n) is 9.33. The molecule has 1 aromatic rings. The third kappa shape index (κ3) is 2.66. The fourth-order valence-corrected chi connectivity index (χ4v) is 3.76. The molecule has 4 heteroatoms. The Morgan fingerprint density at radius 2 is 2.25 bits per heavy atom. The van der Waals surface area contributed by atoms with Crippen LogP contribution in [0.1, 0.15) is 42.3 Å². The van der Waals surface area contributed by atoms with Crippen molar-refractivity contribution in [3.63, 3.8) is 0 Å². The van der Waals surface area contributed by atoms with Gasteiger partial charge >= 0.3 is 0 Å². The van der Waals surface area contributed by atoms with Gasteiger partial charge in [0.2, 0.25) is 0 Å². The fourth-order valence-electron chi connectivity index (χ4n) is 2.30. The maximum absolute atomic E-state index is 12.0. The second kappa shape index (κ2) is 5.32. The molecule has 0 saturated heterocycles. The zero-order valence-corrected chi connectivity index (χ0v) is 11.7. The van der Waals surface area contributed by atoms with E-state index < -0.39 is 0 Å². The second-order valence-corrected chi connectivity index (χ2v) is 6.17. The van der Waals surface area contributed by atoms with Crippen LogP contribution in [-0.4, -0.2) is 11.9 Å². The number of rotatable bonds is 3. The van der Waals surface area contributed by atoms with Crippen LogP contribution in [0, 0.1) is 5.92 Å². The minimum atomic E-state index is 0.0567. The van der Waals surface area contributed by atoms with Crippen LogP contribution in [0.3, 0.4) is 0 Å². The van der Waals surface area contributed by atoms with Crippen molar-refractivity contribution in [1.82, 2.24) is 5.32 Å². The van der Waals surface area contributed by atoms with Crippen LogP contribution in [0.4, 0.5) is 0 Å². The molecule has 1 fully saturated rings. The SMILES string of the molecule is CC(NC(=O)c1sccc1Br)C1CCCC1. The molecule has 1 aliphatic rings. The molecule has 1 N–H and O–H groups in total. The molecule has 16 heavy (non-hydrogen) atoms. The summed E-state index contributed by atoms with van der Waals surface area (Å²) in [4.78, 5) is 12.7. The highest BCUT2D eigenvalue weighted by Crippen LogP contribution is 2.28. The molecule has 2 rings (SSSR count). The van der Waals surface area contributed by atoms with E-state index in [1.165, 1.54) is 37.0 Å². The Morgan fingerprint density at radius 3 is 2.81 bits per heavy atom. The minimum absolute atomic E-state index is 0.0567. The summed E-state index contributed by atoms with van der Waals surface area (Å²) in [5.41, 5.74) is 0. The molecular weight excluding hydrogens is 286 g/mol. The number of hydrogen-bond donors (Lipinski definition) is 1. The highest BCUT2D eigenvalue weighted by atomic mass is 79.9. The quantitative estimate of drug-likeness (QED) is 0.903. The summed E-state index contributed by atoms with van der Waals surface area (Å²) in [5.74, 6) is 0.726. The Bertz CT molecular complexity index is 371. The summed E-state index contributed by atoms with van der Waals surface area (Å²) < 4.78 is 0.897. The lowest BCUT2D eigenvalue weighted by molar-refractivity contribution is 0.0930. The van der Waals surface area contributed by atoms with E-state index in [9.17, 15) is 4.79 Å². The number of halogens is 1. The Balaban J connectivity index is 1.94. The molecule has 1 aromatic heterocycles. The average Bonchev–Trinajstić information content (AvgIpc) is 2.86. The van der Waals surface area contributed by atoms with Gasteiger partial charge in [-0.1, -0.05) is 12.8 Å². The van der Waals surface area contributed by atoms with Gasteiger partial charge in [0.1, 0.15) is 4.88 Å². The second-order valence-electron chi connectivity index (χ2n) is 4.40. The van der Waals surface area contributed by atoms with E-state index in [1.54, 1.807) is 0 Å².